The third kappa shape index (κ3) is 1.88. The second-order valence-electron chi connectivity index (χ2n) is 3.91. The summed E-state index contributed by atoms with van der Waals surface area (Å²) in [5.74, 6) is -0.0500. The van der Waals surface area contributed by atoms with E-state index in [1.165, 1.54) is 5.56 Å². The summed E-state index contributed by atoms with van der Waals surface area (Å²) < 4.78 is 0. The number of aliphatic hydroxyl groups is 1. The Hall–Kier alpha value is -1.35. The van der Waals surface area contributed by atoms with E-state index in [0.717, 1.165) is 17.7 Å². The van der Waals surface area contributed by atoms with Crippen molar-refractivity contribution in [1.82, 2.24) is 0 Å². The van der Waals surface area contributed by atoms with Crippen LogP contribution in [0.2, 0.25) is 0 Å². The van der Waals surface area contributed by atoms with Gasteiger partial charge in [-0.05, 0) is 23.6 Å². The second-order valence-corrected chi connectivity index (χ2v) is 3.91. The fourth-order valence-electron chi connectivity index (χ4n) is 1.98. The number of rotatable bonds is 2. The zero-order valence-electron chi connectivity index (χ0n) is 8.79. The number of hydrogen-bond donors (Lipinski definition) is 2. The minimum Gasteiger partial charge on any atom is -0.396 e. The zero-order chi connectivity index (χ0) is 10.8. The van der Waals surface area contributed by atoms with Gasteiger partial charge in [-0.25, -0.2) is 0 Å². The fourth-order valence-corrected chi connectivity index (χ4v) is 1.98. The first kappa shape index (κ1) is 10.2. The van der Waals surface area contributed by atoms with Crippen LogP contribution in [0.25, 0.3) is 0 Å². The lowest BCUT2D eigenvalue weighted by Gasteiger charge is -2.24. The number of hydrogen-bond acceptors (Lipinski definition) is 2. The summed E-state index contributed by atoms with van der Waals surface area (Å²) in [6, 6.07) is 6.02. The standard InChI is InChI=1S/C12H15NO2/c1-2-8-3-4-11-10(5-8)9(7-14)6-12(15)13-11/h3-5,9,14H,2,6-7H2,1H3,(H,13,15). The minimum atomic E-state index is -0.0414. The molecule has 3 heteroatoms. The molecule has 1 aromatic carbocycles. The first-order valence-electron chi connectivity index (χ1n) is 5.28. The van der Waals surface area contributed by atoms with Crippen LogP contribution in [0.3, 0.4) is 0 Å². The van der Waals surface area contributed by atoms with Crippen molar-refractivity contribution >= 4 is 11.6 Å². The second kappa shape index (κ2) is 4.03. The number of amides is 1. The largest absolute Gasteiger partial charge is 0.396 e. The Labute approximate surface area is 89.1 Å². The Morgan fingerprint density at radius 3 is 3.00 bits per heavy atom. The van der Waals surface area contributed by atoms with Crippen molar-refractivity contribution in [2.75, 3.05) is 11.9 Å². The van der Waals surface area contributed by atoms with Crippen LogP contribution >= 0.6 is 0 Å². The summed E-state index contributed by atoms with van der Waals surface area (Å²) in [6.45, 7) is 2.13. The fraction of sp³-hybridized carbons (Fsp3) is 0.417. The molecule has 0 radical (unpaired) electrons. The van der Waals surface area contributed by atoms with Crippen LogP contribution < -0.4 is 5.32 Å². The first-order chi connectivity index (χ1) is 7.24. The summed E-state index contributed by atoms with van der Waals surface area (Å²) in [5.41, 5.74) is 3.15. The lowest BCUT2D eigenvalue weighted by molar-refractivity contribution is -0.117. The molecule has 1 amide bonds. The molecule has 0 saturated heterocycles. The third-order valence-electron chi connectivity index (χ3n) is 2.89. The lowest BCUT2D eigenvalue weighted by atomic mass is 9.89. The van der Waals surface area contributed by atoms with Gasteiger partial charge in [0.05, 0.1) is 6.61 Å². The molecular formula is C12H15NO2. The van der Waals surface area contributed by atoms with Gasteiger partial charge in [0.15, 0.2) is 0 Å². The van der Waals surface area contributed by atoms with E-state index in [1.54, 1.807) is 0 Å². The van der Waals surface area contributed by atoms with E-state index in [4.69, 9.17) is 0 Å². The van der Waals surface area contributed by atoms with E-state index < -0.39 is 0 Å². The number of benzene rings is 1. The molecule has 1 aliphatic heterocycles. The summed E-state index contributed by atoms with van der Waals surface area (Å²) in [4.78, 5) is 11.3. The van der Waals surface area contributed by atoms with Crippen LogP contribution in [0.15, 0.2) is 18.2 Å². The van der Waals surface area contributed by atoms with Gasteiger partial charge in [0.25, 0.3) is 0 Å². The van der Waals surface area contributed by atoms with Gasteiger partial charge in [-0.1, -0.05) is 19.1 Å². The van der Waals surface area contributed by atoms with Crippen LogP contribution in [0.4, 0.5) is 5.69 Å². The number of anilines is 1. The van der Waals surface area contributed by atoms with Crippen molar-refractivity contribution in [2.24, 2.45) is 0 Å². The van der Waals surface area contributed by atoms with Crippen molar-refractivity contribution in [3.05, 3.63) is 29.3 Å². The molecule has 2 N–H and O–H groups in total. The minimum absolute atomic E-state index is 0.00852. The summed E-state index contributed by atoms with van der Waals surface area (Å²) >= 11 is 0. The van der Waals surface area contributed by atoms with Gasteiger partial charge < -0.3 is 10.4 Å². The number of nitrogens with one attached hydrogen (secondary N) is 1. The van der Waals surface area contributed by atoms with Gasteiger partial charge in [0, 0.05) is 18.0 Å². The quantitative estimate of drug-likeness (QED) is 0.771. The van der Waals surface area contributed by atoms with E-state index in [2.05, 4.69) is 18.3 Å². The van der Waals surface area contributed by atoms with Gasteiger partial charge in [0.1, 0.15) is 0 Å². The molecule has 2 rings (SSSR count). The molecule has 0 bridgehead atoms. The molecule has 0 spiro atoms. The average Bonchev–Trinajstić information content (AvgIpc) is 2.27. The molecule has 3 nitrogen and oxygen atoms in total. The molecular weight excluding hydrogens is 190 g/mol. The van der Waals surface area contributed by atoms with E-state index >= 15 is 0 Å². The van der Waals surface area contributed by atoms with Gasteiger partial charge >= 0.3 is 0 Å². The van der Waals surface area contributed by atoms with Gasteiger partial charge in [0.2, 0.25) is 5.91 Å². The van der Waals surface area contributed by atoms with Crippen LogP contribution in [-0.2, 0) is 11.2 Å². The van der Waals surface area contributed by atoms with Crippen molar-refractivity contribution in [1.29, 1.82) is 0 Å². The SMILES string of the molecule is CCc1ccc2c(c1)C(CO)CC(=O)N2. The highest BCUT2D eigenvalue weighted by molar-refractivity contribution is 5.94. The molecule has 0 aromatic heterocycles. The smallest absolute Gasteiger partial charge is 0.225 e. The van der Waals surface area contributed by atoms with E-state index in [0.29, 0.717) is 6.42 Å². The average molecular weight is 205 g/mol. The van der Waals surface area contributed by atoms with Crippen molar-refractivity contribution in [3.63, 3.8) is 0 Å². The Morgan fingerprint density at radius 1 is 1.53 bits per heavy atom. The predicted octanol–water partition coefficient (Wildman–Crippen LogP) is 1.67. The normalized spacial score (nSPS) is 19.6. The van der Waals surface area contributed by atoms with Crippen LogP contribution in [0, 0.1) is 0 Å². The molecule has 1 aliphatic rings. The van der Waals surface area contributed by atoms with Crippen LogP contribution in [0.5, 0.6) is 0 Å². The van der Waals surface area contributed by atoms with Crippen molar-refractivity contribution in [3.8, 4) is 0 Å². The van der Waals surface area contributed by atoms with Crippen LogP contribution in [-0.4, -0.2) is 17.6 Å². The Kier molecular flexibility index (Phi) is 2.73. The van der Waals surface area contributed by atoms with Gasteiger partial charge in [-0.2, -0.15) is 0 Å². The maximum atomic E-state index is 11.3. The van der Waals surface area contributed by atoms with Gasteiger partial charge in [-0.15, -0.1) is 0 Å². The molecule has 1 atom stereocenters. The number of aliphatic hydroxyl groups excluding tert-OH is 1. The molecule has 1 heterocycles. The molecule has 0 aliphatic carbocycles. The highest BCUT2D eigenvalue weighted by Crippen LogP contribution is 2.32. The molecule has 15 heavy (non-hydrogen) atoms. The predicted molar refractivity (Wildman–Crippen MR) is 58.9 cm³/mol. The molecule has 1 unspecified atom stereocenters. The maximum absolute atomic E-state index is 11.3. The number of carbonyl (C=O) groups excluding carboxylic acids is 1. The zero-order valence-corrected chi connectivity index (χ0v) is 8.79. The first-order valence-corrected chi connectivity index (χ1v) is 5.28. The monoisotopic (exact) mass is 205 g/mol. The van der Waals surface area contributed by atoms with Crippen LogP contribution in [0.1, 0.15) is 30.4 Å². The summed E-state index contributed by atoms with van der Waals surface area (Å²) in [7, 11) is 0. The van der Waals surface area contributed by atoms with E-state index in [9.17, 15) is 9.90 Å². The number of fused-ring (bicyclic) bond motifs is 1. The van der Waals surface area contributed by atoms with E-state index in [1.807, 2.05) is 12.1 Å². The van der Waals surface area contributed by atoms with Gasteiger partial charge in [-0.3, -0.25) is 4.79 Å². The lowest BCUT2D eigenvalue weighted by Crippen LogP contribution is -2.24. The third-order valence-corrected chi connectivity index (χ3v) is 2.89. The summed E-state index contributed by atoms with van der Waals surface area (Å²) in [5, 5.41) is 12.1. The number of carbonyl (C=O) groups is 1. The summed E-state index contributed by atoms with van der Waals surface area (Å²) in [6.07, 6.45) is 1.36. The van der Waals surface area contributed by atoms with E-state index in [-0.39, 0.29) is 18.4 Å². The maximum Gasteiger partial charge on any atom is 0.225 e. The molecule has 1 aromatic rings. The molecule has 0 fully saturated rings. The molecule has 80 valence electrons. The Morgan fingerprint density at radius 2 is 2.33 bits per heavy atom. The highest BCUT2D eigenvalue weighted by atomic mass is 16.3. The Balaban J connectivity index is 2.42. The topological polar surface area (TPSA) is 49.3 Å². The number of aryl methyl sites for hydroxylation is 1. The van der Waals surface area contributed by atoms with Crippen molar-refractivity contribution < 1.29 is 9.90 Å². The Bertz CT molecular complexity index is 387. The molecule has 0 saturated carbocycles. The highest BCUT2D eigenvalue weighted by Gasteiger charge is 2.24. The van der Waals surface area contributed by atoms with Crippen molar-refractivity contribution in [2.45, 2.75) is 25.7 Å².